The highest BCUT2D eigenvalue weighted by molar-refractivity contribution is 5.94. The number of carbonyl (C=O) groups excluding carboxylic acids is 1. The number of nitrogens with one attached hydrogen (secondary N) is 1. The van der Waals surface area contributed by atoms with Crippen molar-refractivity contribution in [3.63, 3.8) is 0 Å². The second-order valence-electron chi connectivity index (χ2n) is 7.60. The van der Waals surface area contributed by atoms with Gasteiger partial charge in [0.1, 0.15) is 5.82 Å². The number of carbonyl (C=O) groups is 1. The molecule has 1 aliphatic carbocycles. The molecule has 1 saturated heterocycles. The second kappa shape index (κ2) is 7.80. The van der Waals surface area contributed by atoms with E-state index in [-0.39, 0.29) is 17.8 Å². The summed E-state index contributed by atoms with van der Waals surface area (Å²) in [5.74, 6) is -0.394. The van der Waals surface area contributed by atoms with Crippen LogP contribution in [0.25, 0.3) is 5.69 Å². The van der Waals surface area contributed by atoms with Gasteiger partial charge in [0.15, 0.2) is 5.69 Å². The van der Waals surface area contributed by atoms with Crippen LogP contribution in [-0.4, -0.2) is 34.4 Å². The van der Waals surface area contributed by atoms with E-state index in [0.717, 1.165) is 68.5 Å². The van der Waals surface area contributed by atoms with Gasteiger partial charge in [-0.05, 0) is 76.1 Å². The number of ether oxygens (including phenoxy) is 1. The minimum absolute atomic E-state index is 0.0784. The fraction of sp³-hybridized carbons (Fsp3) is 0.524. The Morgan fingerprint density at radius 1 is 1.33 bits per heavy atom. The van der Waals surface area contributed by atoms with Crippen LogP contribution in [0.15, 0.2) is 24.3 Å². The Morgan fingerprint density at radius 2 is 2.15 bits per heavy atom. The van der Waals surface area contributed by atoms with E-state index < -0.39 is 0 Å². The molecule has 6 heteroatoms. The number of rotatable bonds is 6. The summed E-state index contributed by atoms with van der Waals surface area (Å²) < 4.78 is 20.7. The summed E-state index contributed by atoms with van der Waals surface area (Å²) in [6.07, 6.45) is 7.25. The van der Waals surface area contributed by atoms with Crippen LogP contribution in [-0.2, 0) is 17.6 Å². The van der Waals surface area contributed by atoms with Gasteiger partial charge in [-0.2, -0.15) is 5.10 Å². The summed E-state index contributed by atoms with van der Waals surface area (Å²) in [7, 11) is 0. The van der Waals surface area contributed by atoms with Gasteiger partial charge in [-0.25, -0.2) is 9.07 Å². The molecule has 1 aliphatic heterocycles. The summed E-state index contributed by atoms with van der Waals surface area (Å²) in [5.41, 5.74) is 3.40. The lowest BCUT2D eigenvalue weighted by atomic mass is 10.1. The lowest BCUT2D eigenvalue weighted by molar-refractivity contribution is 0.0894. The summed E-state index contributed by atoms with van der Waals surface area (Å²) in [6, 6.07) is 6.32. The number of halogens is 1. The first-order valence-corrected chi connectivity index (χ1v) is 9.91. The van der Waals surface area contributed by atoms with E-state index in [0.29, 0.717) is 11.8 Å². The Kier molecular flexibility index (Phi) is 5.25. The monoisotopic (exact) mass is 371 g/mol. The first-order chi connectivity index (χ1) is 13.1. The minimum Gasteiger partial charge on any atom is -0.378 e. The topological polar surface area (TPSA) is 56.1 Å². The summed E-state index contributed by atoms with van der Waals surface area (Å²) in [4.78, 5) is 12.8. The lowest BCUT2D eigenvalue weighted by Gasteiger charge is -2.16. The van der Waals surface area contributed by atoms with Crippen molar-refractivity contribution in [1.82, 2.24) is 15.1 Å². The Morgan fingerprint density at radius 3 is 2.89 bits per heavy atom. The third-order valence-electron chi connectivity index (χ3n) is 5.54. The van der Waals surface area contributed by atoms with E-state index in [2.05, 4.69) is 10.4 Å². The highest BCUT2D eigenvalue weighted by Gasteiger charge is 2.27. The minimum atomic E-state index is -0.277. The smallest absolute Gasteiger partial charge is 0.272 e. The fourth-order valence-corrected chi connectivity index (χ4v) is 4.09. The average molecular weight is 371 g/mol. The average Bonchev–Trinajstić information content (AvgIpc) is 3.38. The molecule has 0 saturated carbocycles. The molecule has 1 aromatic carbocycles. The third-order valence-corrected chi connectivity index (χ3v) is 5.54. The van der Waals surface area contributed by atoms with E-state index in [4.69, 9.17) is 4.74 Å². The second-order valence-corrected chi connectivity index (χ2v) is 7.60. The number of hydrogen-bond acceptors (Lipinski definition) is 3. The quantitative estimate of drug-likeness (QED) is 0.844. The van der Waals surface area contributed by atoms with Gasteiger partial charge in [0.05, 0.1) is 11.8 Å². The first kappa shape index (κ1) is 18.2. The maximum Gasteiger partial charge on any atom is 0.272 e. The van der Waals surface area contributed by atoms with Gasteiger partial charge in [0.25, 0.3) is 5.91 Å². The number of nitrogens with zero attached hydrogens (tertiary/aromatic N) is 2. The number of amides is 1. The SMILES string of the molecule is CC(CCC1CCCO1)NC(=O)c1nn(-c2ccc(F)cc2)c2c1CCC2. The molecular formula is C21H26FN3O2. The normalized spacial score (nSPS) is 19.9. The van der Waals surface area contributed by atoms with Crippen LogP contribution in [0.3, 0.4) is 0 Å². The number of hydrogen-bond donors (Lipinski definition) is 1. The standard InChI is InChI=1S/C21H26FN3O2/c1-14(7-12-17-4-3-13-27-17)23-21(26)20-18-5-2-6-19(18)25(24-20)16-10-8-15(22)9-11-16/h8-11,14,17H,2-7,12-13H2,1H3,(H,23,26). The zero-order valence-corrected chi connectivity index (χ0v) is 15.7. The number of fused-ring (bicyclic) bond motifs is 1. The van der Waals surface area contributed by atoms with Crippen LogP contribution in [0, 0.1) is 5.82 Å². The summed E-state index contributed by atoms with van der Waals surface area (Å²) in [5, 5.41) is 7.67. The van der Waals surface area contributed by atoms with Crippen LogP contribution in [0.1, 0.15) is 60.8 Å². The molecule has 2 aromatic rings. The van der Waals surface area contributed by atoms with E-state index in [1.807, 2.05) is 6.92 Å². The number of aromatic nitrogens is 2. The largest absolute Gasteiger partial charge is 0.378 e. The molecule has 1 aromatic heterocycles. The molecule has 1 N–H and O–H groups in total. The third kappa shape index (κ3) is 3.90. The predicted molar refractivity (Wildman–Crippen MR) is 101 cm³/mol. The van der Waals surface area contributed by atoms with E-state index in [1.54, 1.807) is 16.8 Å². The molecule has 144 valence electrons. The van der Waals surface area contributed by atoms with Gasteiger partial charge in [0.2, 0.25) is 0 Å². The Labute approximate surface area is 158 Å². The van der Waals surface area contributed by atoms with E-state index in [1.165, 1.54) is 12.1 Å². The summed E-state index contributed by atoms with van der Waals surface area (Å²) in [6.45, 7) is 2.89. The van der Waals surface area contributed by atoms with Crippen molar-refractivity contribution in [2.75, 3.05) is 6.61 Å². The van der Waals surface area contributed by atoms with Crippen molar-refractivity contribution in [1.29, 1.82) is 0 Å². The zero-order valence-electron chi connectivity index (χ0n) is 15.7. The van der Waals surface area contributed by atoms with Gasteiger partial charge in [-0.3, -0.25) is 4.79 Å². The lowest BCUT2D eigenvalue weighted by Crippen LogP contribution is -2.34. The van der Waals surface area contributed by atoms with Gasteiger partial charge in [-0.1, -0.05) is 0 Å². The van der Waals surface area contributed by atoms with Gasteiger partial charge in [-0.15, -0.1) is 0 Å². The molecule has 27 heavy (non-hydrogen) atoms. The molecular weight excluding hydrogens is 345 g/mol. The molecule has 2 heterocycles. The molecule has 0 bridgehead atoms. The zero-order chi connectivity index (χ0) is 18.8. The van der Waals surface area contributed by atoms with Crippen molar-refractivity contribution < 1.29 is 13.9 Å². The highest BCUT2D eigenvalue weighted by atomic mass is 19.1. The predicted octanol–water partition coefficient (Wildman–Crippen LogP) is 3.58. The van der Waals surface area contributed by atoms with Crippen molar-refractivity contribution >= 4 is 5.91 Å². The van der Waals surface area contributed by atoms with E-state index >= 15 is 0 Å². The van der Waals surface area contributed by atoms with E-state index in [9.17, 15) is 9.18 Å². The molecule has 1 amide bonds. The molecule has 2 unspecified atom stereocenters. The van der Waals surface area contributed by atoms with Crippen LogP contribution in [0.2, 0.25) is 0 Å². The Balaban J connectivity index is 1.47. The molecule has 1 fully saturated rings. The van der Waals surface area contributed by atoms with Gasteiger partial charge in [0, 0.05) is 23.9 Å². The van der Waals surface area contributed by atoms with Crippen LogP contribution in [0.4, 0.5) is 4.39 Å². The highest BCUT2D eigenvalue weighted by Crippen LogP contribution is 2.28. The van der Waals surface area contributed by atoms with Crippen molar-refractivity contribution in [2.45, 2.75) is 64.0 Å². The van der Waals surface area contributed by atoms with Crippen LogP contribution >= 0.6 is 0 Å². The maximum atomic E-state index is 13.2. The molecule has 2 atom stereocenters. The maximum absolute atomic E-state index is 13.2. The summed E-state index contributed by atoms with van der Waals surface area (Å²) >= 11 is 0. The molecule has 0 radical (unpaired) electrons. The molecule has 5 nitrogen and oxygen atoms in total. The Hall–Kier alpha value is -2.21. The molecule has 0 spiro atoms. The van der Waals surface area contributed by atoms with Crippen LogP contribution in [0.5, 0.6) is 0 Å². The van der Waals surface area contributed by atoms with Gasteiger partial charge < -0.3 is 10.1 Å². The van der Waals surface area contributed by atoms with Crippen LogP contribution < -0.4 is 5.32 Å². The first-order valence-electron chi connectivity index (χ1n) is 9.91. The molecule has 4 rings (SSSR count). The van der Waals surface area contributed by atoms with Gasteiger partial charge >= 0.3 is 0 Å². The van der Waals surface area contributed by atoms with Crippen molar-refractivity contribution in [2.24, 2.45) is 0 Å². The van der Waals surface area contributed by atoms with Crippen molar-refractivity contribution in [3.8, 4) is 5.69 Å². The van der Waals surface area contributed by atoms with Crippen molar-refractivity contribution in [3.05, 3.63) is 47.0 Å². The fourth-order valence-electron chi connectivity index (χ4n) is 4.09. The molecule has 2 aliphatic rings. The Bertz CT molecular complexity index is 810. The number of benzene rings is 1.